The average molecular weight is 263 g/mol. The highest BCUT2D eigenvalue weighted by atomic mass is 16.5. The Morgan fingerprint density at radius 3 is 2.37 bits per heavy atom. The zero-order valence-corrected chi connectivity index (χ0v) is 11.3. The van der Waals surface area contributed by atoms with Crippen LogP contribution in [0.5, 0.6) is 11.5 Å². The van der Waals surface area contributed by atoms with Gasteiger partial charge in [-0.1, -0.05) is 0 Å². The average Bonchev–Trinajstić information content (AvgIpc) is 2.43. The number of nitriles is 1. The van der Waals surface area contributed by atoms with Crippen molar-refractivity contribution in [1.29, 1.82) is 5.26 Å². The van der Waals surface area contributed by atoms with Crippen LogP contribution in [0.4, 0.5) is 10.5 Å². The van der Waals surface area contributed by atoms with Crippen molar-refractivity contribution in [3.05, 3.63) is 18.2 Å². The molecule has 0 heterocycles. The number of hydrogen-bond acceptors (Lipinski definition) is 4. The van der Waals surface area contributed by atoms with E-state index in [1.807, 2.05) is 6.07 Å². The second-order valence-corrected chi connectivity index (χ2v) is 3.86. The molecule has 0 aromatic heterocycles. The Morgan fingerprint density at radius 1 is 1.32 bits per heavy atom. The van der Waals surface area contributed by atoms with Crippen molar-refractivity contribution < 1.29 is 14.3 Å². The summed E-state index contributed by atoms with van der Waals surface area (Å²) in [5, 5.41) is 11.2. The summed E-state index contributed by atoms with van der Waals surface area (Å²) in [5.41, 5.74) is 0.574. The first-order valence-electron chi connectivity index (χ1n) is 5.73. The second kappa shape index (κ2) is 7.11. The number of benzene rings is 1. The van der Waals surface area contributed by atoms with Crippen molar-refractivity contribution in [2.24, 2.45) is 0 Å². The maximum Gasteiger partial charge on any atom is 0.321 e. The molecule has 0 spiro atoms. The molecule has 1 aromatic carbocycles. The molecule has 1 aromatic rings. The Hall–Kier alpha value is -2.42. The molecule has 19 heavy (non-hydrogen) atoms. The lowest BCUT2D eigenvalue weighted by atomic mass is 10.3. The molecular formula is C13H17N3O3. The van der Waals surface area contributed by atoms with Crippen molar-refractivity contribution in [1.82, 2.24) is 4.90 Å². The number of carbonyl (C=O) groups excluding carboxylic acids is 1. The molecule has 0 radical (unpaired) electrons. The lowest BCUT2D eigenvalue weighted by Crippen LogP contribution is -2.31. The maximum atomic E-state index is 11.8. The van der Waals surface area contributed by atoms with E-state index in [0.29, 0.717) is 30.2 Å². The summed E-state index contributed by atoms with van der Waals surface area (Å²) in [7, 11) is 4.71. The SMILES string of the molecule is COc1cc(NC(=O)N(C)CCC#N)cc(OC)c1. The van der Waals surface area contributed by atoms with Crippen LogP contribution in [-0.4, -0.2) is 38.7 Å². The summed E-state index contributed by atoms with van der Waals surface area (Å²) in [5.74, 6) is 1.18. The first-order chi connectivity index (χ1) is 9.10. The van der Waals surface area contributed by atoms with Gasteiger partial charge >= 0.3 is 6.03 Å². The van der Waals surface area contributed by atoms with Crippen molar-refractivity contribution in [2.45, 2.75) is 6.42 Å². The zero-order valence-electron chi connectivity index (χ0n) is 11.3. The van der Waals surface area contributed by atoms with Crippen LogP contribution in [0.15, 0.2) is 18.2 Å². The summed E-state index contributed by atoms with van der Waals surface area (Å²) in [4.78, 5) is 13.3. The standard InChI is InChI=1S/C13H17N3O3/c1-16(6-4-5-14)13(17)15-10-7-11(18-2)9-12(8-10)19-3/h7-9H,4,6H2,1-3H3,(H,15,17). The molecule has 102 valence electrons. The van der Waals surface area contributed by atoms with Gasteiger partial charge in [-0.15, -0.1) is 0 Å². The first-order valence-corrected chi connectivity index (χ1v) is 5.73. The number of anilines is 1. The van der Waals surface area contributed by atoms with Crippen molar-refractivity contribution in [2.75, 3.05) is 33.1 Å². The van der Waals surface area contributed by atoms with Crippen LogP contribution in [0.1, 0.15) is 6.42 Å². The van der Waals surface area contributed by atoms with Crippen molar-refractivity contribution >= 4 is 11.7 Å². The Labute approximate surface area is 112 Å². The van der Waals surface area contributed by atoms with Crippen molar-refractivity contribution in [3.63, 3.8) is 0 Å². The lowest BCUT2D eigenvalue weighted by Gasteiger charge is -2.17. The van der Waals surface area contributed by atoms with E-state index in [1.165, 1.54) is 4.90 Å². The van der Waals surface area contributed by atoms with E-state index < -0.39 is 0 Å². The molecule has 1 N–H and O–H groups in total. The van der Waals surface area contributed by atoms with E-state index in [4.69, 9.17) is 14.7 Å². The molecule has 0 aliphatic carbocycles. The largest absolute Gasteiger partial charge is 0.497 e. The minimum atomic E-state index is -0.287. The highest BCUT2D eigenvalue weighted by molar-refractivity contribution is 5.89. The molecule has 0 saturated heterocycles. The number of rotatable bonds is 5. The monoisotopic (exact) mass is 263 g/mol. The van der Waals surface area contributed by atoms with Gasteiger partial charge in [-0.05, 0) is 0 Å². The molecule has 1 rings (SSSR count). The topological polar surface area (TPSA) is 74.6 Å². The number of nitrogens with zero attached hydrogens (tertiary/aromatic N) is 2. The molecule has 6 heteroatoms. The zero-order chi connectivity index (χ0) is 14.3. The normalized spacial score (nSPS) is 9.37. The Kier molecular flexibility index (Phi) is 5.48. The molecule has 0 aliphatic heterocycles. The number of urea groups is 1. The Balaban J connectivity index is 2.75. The van der Waals surface area contributed by atoms with Gasteiger partial charge in [0.05, 0.1) is 26.7 Å². The molecule has 0 atom stereocenters. The van der Waals surface area contributed by atoms with E-state index in [-0.39, 0.29) is 6.03 Å². The minimum absolute atomic E-state index is 0.287. The predicted octanol–water partition coefficient (Wildman–Crippen LogP) is 2.08. The number of amides is 2. The number of nitrogens with one attached hydrogen (secondary N) is 1. The second-order valence-electron chi connectivity index (χ2n) is 3.86. The fraction of sp³-hybridized carbons (Fsp3) is 0.385. The first kappa shape index (κ1) is 14.6. The van der Waals surface area contributed by atoms with E-state index in [9.17, 15) is 4.79 Å². The molecule has 0 aliphatic rings. The van der Waals surface area contributed by atoms with Crippen LogP contribution < -0.4 is 14.8 Å². The van der Waals surface area contributed by atoms with Gasteiger partial charge in [-0.2, -0.15) is 5.26 Å². The van der Waals surface area contributed by atoms with Crippen LogP contribution >= 0.6 is 0 Å². The summed E-state index contributed by atoms with van der Waals surface area (Å²) in [6.45, 7) is 0.378. The highest BCUT2D eigenvalue weighted by Crippen LogP contribution is 2.25. The molecule has 0 unspecified atom stereocenters. The van der Waals surface area contributed by atoms with Gasteiger partial charge in [0.25, 0.3) is 0 Å². The van der Waals surface area contributed by atoms with Crippen molar-refractivity contribution in [3.8, 4) is 17.6 Å². The summed E-state index contributed by atoms with van der Waals surface area (Å²) >= 11 is 0. The highest BCUT2D eigenvalue weighted by Gasteiger charge is 2.10. The van der Waals surface area contributed by atoms with Crippen LogP contribution in [-0.2, 0) is 0 Å². The molecule has 6 nitrogen and oxygen atoms in total. The van der Waals surface area contributed by atoms with Gasteiger partial charge in [0, 0.05) is 37.5 Å². The summed E-state index contributed by atoms with van der Waals surface area (Å²) in [6.07, 6.45) is 0.297. The number of carbonyl (C=O) groups is 1. The van der Waals surface area contributed by atoms with Gasteiger partial charge < -0.3 is 19.7 Å². The molecule has 2 amide bonds. The van der Waals surface area contributed by atoms with Gasteiger partial charge in [0.15, 0.2) is 0 Å². The molecule has 0 bridgehead atoms. The van der Waals surface area contributed by atoms with Crippen LogP contribution in [0.2, 0.25) is 0 Å². The molecule has 0 saturated carbocycles. The summed E-state index contributed by atoms with van der Waals surface area (Å²) < 4.78 is 10.2. The van der Waals surface area contributed by atoms with Gasteiger partial charge in [0.1, 0.15) is 11.5 Å². The smallest absolute Gasteiger partial charge is 0.321 e. The van der Waals surface area contributed by atoms with E-state index in [1.54, 1.807) is 39.5 Å². The van der Waals surface area contributed by atoms with Crippen LogP contribution in [0.25, 0.3) is 0 Å². The lowest BCUT2D eigenvalue weighted by molar-refractivity contribution is 0.223. The van der Waals surface area contributed by atoms with Crippen LogP contribution in [0, 0.1) is 11.3 Å². The van der Waals surface area contributed by atoms with E-state index in [2.05, 4.69) is 5.32 Å². The molecule has 0 fully saturated rings. The van der Waals surface area contributed by atoms with Crippen LogP contribution in [0.3, 0.4) is 0 Å². The van der Waals surface area contributed by atoms with E-state index >= 15 is 0 Å². The Morgan fingerprint density at radius 2 is 1.89 bits per heavy atom. The van der Waals surface area contributed by atoms with Gasteiger partial charge in [-0.25, -0.2) is 4.79 Å². The summed E-state index contributed by atoms with van der Waals surface area (Å²) in [6, 6.07) is 6.81. The maximum absolute atomic E-state index is 11.8. The third-order valence-corrected chi connectivity index (χ3v) is 2.51. The number of methoxy groups -OCH3 is 2. The number of ether oxygens (including phenoxy) is 2. The minimum Gasteiger partial charge on any atom is -0.497 e. The third kappa shape index (κ3) is 4.39. The van der Waals surface area contributed by atoms with Gasteiger partial charge in [0.2, 0.25) is 0 Å². The fourth-order valence-electron chi connectivity index (χ4n) is 1.42. The molecular weight excluding hydrogens is 246 g/mol. The predicted molar refractivity (Wildman–Crippen MR) is 71.4 cm³/mol. The number of hydrogen-bond donors (Lipinski definition) is 1. The van der Waals surface area contributed by atoms with E-state index in [0.717, 1.165) is 0 Å². The third-order valence-electron chi connectivity index (χ3n) is 2.51. The fourth-order valence-corrected chi connectivity index (χ4v) is 1.42. The quantitative estimate of drug-likeness (QED) is 0.882. The van der Waals surface area contributed by atoms with Gasteiger partial charge in [-0.3, -0.25) is 0 Å². The Bertz CT molecular complexity index is 460.